The lowest BCUT2D eigenvalue weighted by atomic mass is 10.0. The first-order valence-electron chi connectivity index (χ1n) is 6.25. The van der Waals surface area contributed by atoms with Crippen LogP contribution in [0.5, 0.6) is 0 Å². The van der Waals surface area contributed by atoms with Gasteiger partial charge in [0.15, 0.2) is 0 Å². The molecular formula is C12H23Cl2NO. The van der Waals surface area contributed by atoms with Gasteiger partial charge in [-0.3, -0.25) is 0 Å². The second-order valence-corrected chi connectivity index (χ2v) is 5.14. The van der Waals surface area contributed by atoms with Crippen LogP contribution in [0.15, 0.2) is 0 Å². The largest absolute Gasteiger partial charge is 0.378 e. The number of halogens is 2. The van der Waals surface area contributed by atoms with Crippen molar-refractivity contribution in [1.29, 1.82) is 0 Å². The smallest absolute Gasteiger partial charge is 0.0576 e. The SMILES string of the molecule is CCC(CCl)(CCl)NCCCC1CCCO1. The van der Waals surface area contributed by atoms with E-state index in [1.165, 1.54) is 12.8 Å². The van der Waals surface area contributed by atoms with Gasteiger partial charge in [0.05, 0.1) is 6.10 Å². The lowest BCUT2D eigenvalue weighted by Crippen LogP contribution is -2.48. The predicted octanol–water partition coefficient (Wildman–Crippen LogP) is 3.16. The predicted molar refractivity (Wildman–Crippen MR) is 70.7 cm³/mol. The topological polar surface area (TPSA) is 21.3 Å². The van der Waals surface area contributed by atoms with Crippen molar-refractivity contribution in [3.63, 3.8) is 0 Å². The molecule has 0 aliphatic carbocycles. The van der Waals surface area contributed by atoms with Crippen molar-refractivity contribution in [2.45, 2.75) is 50.7 Å². The fourth-order valence-corrected chi connectivity index (χ4v) is 2.85. The highest BCUT2D eigenvalue weighted by Crippen LogP contribution is 2.18. The van der Waals surface area contributed by atoms with Crippen LogP contribution in [0, 0.1) is 0 Å². The molecule has 16 heavy (non-hydrogen) atoms. The minimum atomic E-state index is -0.0837. The summed E-state index contributed by atoms with van der Waals surface area (Å²) in [7, 11) is 0. The maximum Gasteiger partial charge on any atom is 0.0576 e. The van der Waals surface area contributed by atoms with E-state index in [0.717, 1.165) is 32.4 Å². The molecule has 0 aromatic rings. The highest BCUT2D eigenvalue weighted by Gasteiger charge is 2.25. The van der Waals surface area contributed by atoms with Gasteiger partial charge in [-0.25, -0.2) is 0 Å². The Labute approximate surface area is 109 Å². The molecule has 1 saturated heterocycles. The van der Waals surface area contributed by atoms with Gasteiger partial charge in [-0.15, -0.1) is 23.2 Å². The third kappa shape index (κ3) is 4.40. The third-order valence-electron chi connectivity index (χ3n) is 3.42. The fourth-order valence-electron chi connectivity index (χ4n) is 2.00. The second kappa shape index (κ2) is 7.75. The summed E-state index contributed by atoms with van der Waals surface area (Å²) in [6, 6.07) is 0. The molecule has 0 aromatic heterocycles. The lowest BCUT2D eigenvalue weighted by molar-refractivity contribution is 0.102. The zero-order chi connectivity index (χ0) is 11.9. The Morgan fingerprint density at radius 2 is 2.12 bits per heavy atom. The first-order chi connectivity index (χ1) is 7.76. The normalized spacial score (nSPS) is 21.6. The van der Waals surface area contributed by atoms with Gasteiger partial charge >= 0.3 is 0 Å². The molecule has 1 heterocycles. The molecule has 1 aliphatic heterocycles. The number of nitrogens with one attached hydrogen (secondary N) is 1. The van der Waals surface area contributed by atoms with Crippen molar-refractivity contribution in [1.82, 2.24) is 5.32 Å². The van der Waals surface area contributed by atoms with Gasteiger partial charge in [-0.1, -0.05) is 6.92 Å². The Bertz CT molecular complexity index is 172. The quantitative estimate of drug-likeness (QED) is 0.539. The van der Waals surface area contributed by atoms with E-state index in [1.54, 1.807) is 0 Å². The summed E-state index contributed by atoms with van der Waals surface area (Å²) in [5.41, 5.74) is -0.0837. The van der Waals surface area contributed by atoms with Gasteiger partial charge in [0.1, 0.15) is 0 Å². The first kappa shape index (κ1) is 14.6. The summed E-state index contributed by atoms with van der Waals surface area (Å²) in [5.74, 6) is 1.15. The molecule has 1 unspecified atom stereocenters. The minimum absolute atomic E-state index is 0.0837. The van der Waals surface area contributed by atoms with E-state index in [9.17, 15) is 0 Å². The monoisotopic (exact) mass is 267 g/mol. The van der Waals surface area contributed by atoms with Crippen molar-refractivity contribution < 1.29 is 4.74 Å². The van der Waals surface area contributed by atoms with E-state index in [-0.39, 0.29) is 5.54 Å². The Hall–Kier alpha value is 0.500. The molecule has 1 rings (SSSR count). The number of alkyl halides is 2. The fraction of sp³-hybridized carbons (Fsp3) is 1.00. The van der Waals surface area contributed by atoms with E-state index in [2.05, 4.69) is 12.2 Å². The molecule has 96 valence electrons. The Morgan fingerprint density at radius 1 is 1.38 bits per heavy atom. The van der Waals surface area contributed by atoms with E-state index in [1.807, 2.05) is 0 Å². The molecule has 0 amide bonds. The molecule has 4 heteroatoms. The number of hydrogen-bond acceptors (Lipinski definition) is 2. The summed E-state index contributed by atoms with van der Waals surface area (Å²) < 4.78 is 5.58. The first-order valence-corrected chi connectivity index (χ1v) is 7.32. The van der Waals surface area contributed by atoms with Crippen LogP contribution in [0.1, 0.15) is 39.0 Å². The Kier molecular flexibility index (Phi) is 7.06. The molecule has 0 spiro atoms. The van der Waals surface area contributed by atoms with Crippen LogP contribution in [0.25, 0.3) is 0 Å². The lowest BCUT2D eigenvalue weighted by Gasteiger charge is -2.29. The standard InChI is InChI=1S/C12H23Cl2NO/c1-2-12(9-13,10-14)15-7-3-5-11-6-4-8-16-11/h11,15H,2-10H2,1H3. The van der Waals surface area contributed by atoms with E-state index < -0.39 is 0 Å². The molecule has 1 atom stereocenters. The van der Waals surface area contributed by atoms with Crippen molar-refractivity contribution in [3.05, 3.63) is 0 Å². The van der Waals surface area contributed by atoms with Crippen LogP contribution in [0.2, 0.25) is 0 Å². The molecule has 0 radical (unpaired) electrons. The van der Waals surface area contributed by atoms with Crippen LogP contribution in [0.3, 0.4) is 0 Å². The molecule has 1 N–H and O–H groups in total. The molecule has 0 bridgehead atoms. The Balaban J connectivity index is 2.12. The maximum atomic E-state index is 5.96. The third-order valence-corrected chi connectivity index (χ3v) is 4.44. The summed E-state index contributed by atoms with van der Waals surface area (Å²) >= 11 is 11.9. The average molecular weight is 268 g/mol. The van der Waals surface area contributed by atoms with E-state index >= 15 is 0 Å². The summed E-state index contributed by atoms with van der Waals surface area (Å²) in [6.45, 7) is 4.05. The number of hydrogen-bond donors (Lipinski definition) is 1. The van der Waals surface area contributed by atoms with Crippen LogP contribution in [-0.2, 0) is 4.74 Å². The van der Waals surface area contributed by atoms with Gasteiger partial charge in [-0.05, 0) is 38.6 Å². The van der Waals surface area contributed by atoms with Crippen molar-refractivity contribution >= 4 is 23.2 Å². The van der Waals surface area contributed by atoms with Gasteiger partial charge in [0.25, 0.3) is 0 Å². The molecule has 1 aliphatic rings. The zero-order valence-corrected chi connectivity index (χ0v) is 11.6. The molecular weight excluding hydrogens is 245 g/mol. The van der Waals surface area contributed by atoms with Crippen molar-refractivity contribution in [2.24, 2.45) is 0 Å². The van der Waals surface area contributed by atoms with Crippen LogP contribution in [-0.4, -0.2) is 36.6 Å². The van der Waals surface area contributed by atoms with Crippen LogP contribution >= 0.6 is 23.2 Å². The van der Waals surface area contributed by atoms with Crippen molar-refractivity contribution in [3.8, 4) is 0 Å². The van der Waals surface area contributed by atoms with Gasteiger partial charge < -0.3 is 10.1 Å². The summed E-state index contributed by atoms with van der Waals surface area (Å²) in [5, 5.41) is 3.49. The summed E-state index contributed by atoms with van der Waals surface area (Å²) in [4.78, 5) is 0. The summed E-state index contributed by atoms with van der Waals surface area (Å²) in [6.07, 6.45) is 6.20. The van der Waals surface area contributed by atoms with E-state index in [0.29, 0.717) is 17.9 Å². The second-order valence-electron chi connectivity index (χ2n) is 4.61. The molecule has 2 nitrogen and oxygen atoms in total. The minimum Gasteiger partial charge on any atom is -0.378 e. The average Bonchev–Trinajstić information content (AvgIpc) is 2.83. The number of ether oxygens (including phenoxy) is 1. The Morgan fingerprint density at radius 3 is 2.62 bits per heavy atom. The van der Waals surface area contributed by atoms with Gasteiger partial charge in [0.2, 0.25) is 0 Å². The van der Waals surface area contributed by atoms with Gasteiger partial charge in [-0.2, -0.15) is 0 Å². The number of rotatable bonds is 8. The van der Waals surface area contributed by atoms with Gasteiger partial charge in [0, 0.05) is 23.9 Å². The highest BCUT2D eigenvalue weighted by atomic mass is 35.5. The molecule has 0 aromatic carbocycles. The van der Waals surface area contributed by atoms with E-state index in [4.69, 9.17) is 27.9 Å². The molecule has 1 fully saturated rings. The van der Waals surface area contributed by atoms with Crippen LogP contribution in [0.4, 0.5) is 0 Å². The molecule has 0 saturated carbocycles. The van der Waals surface area contributed by atoms with Crippen molar-refractivity contribution in [2.75, 3.05) is 24.9 Å². The maximum absolute atomic E-state index is 5.96. The highest BCUT2D eigenvalue weighted by molar-refractivity contribution is 6.22. The van der Waals surface area contributed by atoms with Crippen LogP contribution < -0.4 is 5.32 Å². The zero-order valence-electron chi connectivity index (χ0n) is 10.1.